The Hall–Kier alpha value is -3.48. The third-order valence-corrected chi connectivity index (χ3v) is 16.7. The van der Waals surface area contributed by atoms with Crippen molar-refractivity contribution in [3.63, 3.8) is 0 Å². The molecule has 0 radical (unpaired) electrons. The minimum atomic E-state index is -3.03. The number of amides is 3. The number of rotatable bonds is 25. The molecular formula is C51H85N3O39. The second-order valence-corrected chi connectivity index (χ2v) is 23.3. The maximum atomic E-state index is 12.9. The first-order valence-corrected chi connectivity index (χ1v) is 29.2. The van der Waals surface area contributed by atoms with Gasteiger partial charge in [-0.25, -0.2) is 4.79 Å². The smallest absolute Gasteiger partial charge is 0.364 e. The summed E-state index contributed by atoms with van der Waals surface area (Å²) in [6.45, 7) is -4.54. The van der Waals surface area contributed by atoms with E-state index >= 15 is 0 Å². The van der Waals surface area contributed by atoms with Gasteiger partial charge >= 0.3 is 5.97 Å². The number of nitrogens with one attached hydrogen (secondary N) is 3. The Balaban J connectivity index is 1.13. The van der Waals surface area contributed by atoms with Crippen LogP contribution in [0.2, 0.25) is 0 Å². The Morgan fingerprint density at radius 1 is 0.441 bits per heavy atom. The van der Waals surface area contributed by atoms with Crippen molar-refractivity contribution in [2.24, 2.45) is 0 Å². The fraction of sp³-hybridized carbons (Fsp3) is 0.922. The van der Waals surface area contributed by atoms with Crippen molar-refractivity contribution in [2.45, 2.75) is 248 Å². The fourth-order valence-corrected chi connectivity index (χ4v) is 11.7. The maximum absolute atomic E-state index is 12.9. The first-order valence-electron chi connectivity index (χ1n) is 29.2. The topological polar surface area (TPSA) is 669 Å². The molecule has 0 saturated carbocycles. The van der Waals surface area contributed by atoms with Crippen LogP contribution in [0.1, 0.15) is 27.2 Å². The number of carboxylic acid groups (broad SMARTS) is 1. The number of carbonyl (C=O) groups excluding carboxylic acids is 3. The van der Waals surface area contributed by atoms with Crippen LogP contribution < -0.4 is 16.0 Å². The van der Waals surface area contributed by atoms with Gasteiger partial charge in [-0.1, -0.05) is 0 Å². The van der Waals surface area contributed by atoms with E-state index in [2.05, 4.69) is 16.0 Å². The van der Waals surface area contributed by atoms with Crippen LogP contribution in [0.25, 0.3) is 0 Å². The summed E-state index contributed by atoms with van der Waals surface area (Å²) in [5, 5.41) is 244. The average Bonchev–Trinajstić information content (AvgIpc) is 0.784. The van der Waals surface area contributed by atoms with Crippen LogP contribution in [0.3, 0.4) is 0 Å². The first-order chi connectivity index (χ1) is 43.8. The van der Waals surface area contributed by atoms with E-state index in [1.165, 1.54) is 0 Å². The Morgan fingerprint density at radius 2 is 0.849 bits per heavy atom. The lowest BCUT2D eigenvalue weighted by atomic mass is 9.88. The monoisotopic (exact) mass is 1360 g/mol. The zero-order chi connectivity index (χ0) is 69.0. The largest absolute Gasteiger partial charge is 0.477 e. The van der Waals surface area contributed by atoms with Gasteiger partial charge in [-0.2, -0.15) is 0 Å². The third-order valence-electron chi connectivity index (χ3n) is 16.7. The molecule has 0 aromatic rings. The van der Waals surface area contributed by atoms with E-state index in [9.17, 15) is 132 Å². The second kappa shape index (κ2) is 32.9. The predicted octanol–water partition coefficient (Wildman–Crippen LogP) is -16.6. The lowest BCUT2D eigenvalue weighted by molar-refractivity contribution is -0.385. The highest BCUT2D eigenvalue weighted by Crippen LogP contribution is 2.39. The highest BCUT2D eigenvalue weighted by Gasteiger charge is 2.60. The summed E-state index contributed by atoms with van der Waals surface area (Å²) in [4.78, 5) is 50.4. The zero-order valence-corrected chi connectivity index (χ0v) is 49.6. The third kappa shape index (κ3) is 17.0. The Morgan fingerprint density at radius 3 is 1.33 bits per heavy atom. The molecule has 0 aromatic carbocycles. The molecule has 0 spiro atoms. The van der Waals surface area contributed by atoms with Crippen LogP contribution in [0, 0.1) is 0 Å². The molecule has 7 saturated heterocycles. The van der Waals surface area contributed by atoms with Crippen molar-refractivity contribution in [2.75, 3.05) is 46.2 Å². The average molecular weight is 1360 g/mol. The number of aliphatic hydroxyl groups is 21. The van der Waals surface area contributed by atoms with Crippen LogP contribution >= 0.6 is 0 Å². The van der Waals surface area contributed by atoms with Crippen molar-refractivity contribution in [1.82, 2.24) is 16.0 Å². The quantitative estimate of drug-likeness (QED) is 0.0404. The van der Waals surface area contributed by atoms with E-state index in [0.717, 1.165) is 20.8 Å². The van der Waals surface area contributed by atoms with Gasteiger partial charge in [0.2, 0.25) is 17.7 Å². The van der Waals surface area contributed by atoms with Crippen molar-refractivity contribution in [3.8, 4) is 0 Å². The molecule has 7 fully saturated rings. The fourth-order valence-electron chi connectivity index (χ4n) is 11.7. The van der Waals surface area contributed by atoms with Crippen molar-refractivity contribution in [3.05, 3.63) is 0 Å². The van der Waals surface area contributed by atoms with Gasteiger partial charge in [-0.05, 0) is 0 Å². The molecule has 0 aromatic heterocycles. The summed E-state index contributed by atoms with van der Waals surface area (Å²) in [6.07, 6.45) is -66.4. The molecular weight excluding hydrogens is 1280 g/mol. The molecule has 25 N–H and O–H groups in total. The first kappa shape index (κ1) is 76.9. The molecule has 36 atom stereocenters. The van der Waals surface area contributed by atoms with Crippen LogP contribution in [0.4, 0.5) is 0 Å². The van der Waals surface area contributed by atoms with Gasteiger partial charge in [-0.3, -0.25) is 14.4 Å². The molecule has 7 aliphatic rings. The summed E-state index contributed by atoms with van der Waals surface area (Å²) in [5.41, 5.74) is 0. The summed E-state index contributed by atoms with van der Waals surface area (Å²) >= 11 is 0. The molecule has 7 rings (SSSR count). The summed E-state index contributed by atoms with van der Waals surface area (Å²) in [5.74, 6) is -7.67. The van der Waals surface area contributed by atoms with Crippen LogP contribution in [0.5, 0.6) is 0 Å². The minimum absolute atomic E-state index is 0.813. The summed E-state index contributed by atoms with van der Waals surface area (Å²) in [7, 11) is 0. The predicted molar refractivity (Wildman–Crippen MR) is 284 cm³/mol. The Labute approximate surface area is 525 Å². The minimum Gasteiger partial charge on any atom is -0.477 e. The normalized spacial score (nSPS) is 47.2. The lowest BCUT2D eigenvalue weighted by Gasteiger charge is -2.50. The molecule has 0 bridgehead atoms. The van der Waals surface area contributed by atoms with Gasteiger partial charge < -0.3 is 190 Å². The number of aliphatic hydroxyl groups excluding tert-OH is 21. The summed E-state index contributed by atoms with van der Waals surface area (Å²) < 4.78 is 74.6. The second-order valence-electron chi connectivity index (χ2n) is 23.3. The van der Waals surface area contributed by atoms with E-state index in [1.807, 2.05) is 0 Å². The Bertz CT molecular complexity index is 2410. The molecule has 0 aliphatic carbocycles. The van der Waals surface area contributed by atoms with Gasteiger partial charge in [0.15, 0.2) is 37.7 Å². The number of carbonyl (C=O) groups is 4. The van der Waals surface area contributed by atoms with E-state index in [0.29, 0.717) is 0 Å². The van der Waals surface area contributed by atoms with E-state index in [4.69, 9.17) is 61.6 Å². The SMILES string of the molecule is CC(=O)N[C@H]1[C@H](OC[C@H]2O[C@@H](O[C@H]3[C@H](O)[C@@H](O)[C@@H](O)O[C@@H]3CO)[C@H](O)[C@@H](O[C@@H]3O[C@H](CO)[C@@H](O[C@@H]4O[C@H](CO[C@]5(C(=O)O)C[C@H](O)[C@@H](NC(C)=O)[C@H]([C@H](O)[C@H](O)CO)O5)[C@H](O)[C@H](O)[C@H]4O)[C@H](O)[C@H]3NC(C)=O)[C@H]2O)O[C@H](CO)[C@@H](O[C@@H]2O[C@H](CO)[C@H](O)[C@H](O)[C@H]2O)[C@@H]1O. The maximum Gasteiger partial charge on any atom is 0.364 e. The number of ether oxygens (including phenoxy) is 13. The molecule has 538 valence electrons. The van der Waals surface area contributed by atoms with Crippen LogP contribution in [0.15, 0.2) is 0 Å². The molecule has 3 amide bonds. The number of aliphatic carboxylic acids is 1. The molecule has 42 nitrogen and oxygen atoms in total. The Kier molecular flexibility index (Phi) is 27.2. The molecule has 42 heteroatoms. The highest BCUT2D eigenvalue weighted by molar-refractivity contribution is 5.77. The van der Waals surface area contributed by atoms with E-state index < -0.39 is 297 Å². The van der Waals surface area contributed by atoms with Crippen LogP contribution in [-0.4, -0.2) is 403 Å². The number of carboxylic acids is 1. The van der Waals surface area contributed by atoms with Gasteiger partial charge in [0.25, 0.3) is 5.79 Å². The summed E-state index contributed by atoms with van der Waals surface area (Å²) in [6, 6.07) is -5.34. The van der Waals surface area contributed by atoms with Crippen molar-refractivity contribution in [1.29, 1.82) is 0 Å². The standard InChI is InChI=1S/C51H85N3O39/c1-12(60)52-23-15(63)4-51(50(79)80,93-42(23)26(65)16(64)5-55)82-11-22-28(67)33(72)37(76)48(88-22)90-40-20(9-59)86-46(25(31(40)70)54-14(3)62)92-43-29(68)21(87-49(38(43)77)91-41-18(7-57)83-44(78)35(74)34(41)73)10-81-45-24(53-13(2)61)30(69)39(19(8-58)85-45)89-47-36(75)32(71)27(66)17(6-56)84-47/h15-49,55-59,63-78H,4-11H2,1-3H3,(H,52,60)(H,53,61)(H,54,62)(H,79,80)/t15-,16+,17+,18+,19+,20+,21+,22+,23+,24+,25+,26+,27-,28-,29-,30+,31+,32-,33-,34+,35+,36+,37+,38+,39+,40+,41+,42+,43-,44-,45+,46-,47-,48-,49-,51+/m0/s1. The van der Waals surface area contributed by atoms with Crippen molar-refractivity contribution < 1.29 is 193 Å². The van der Waals surface area contributed by atoms with Gasteiger partial charge in [0, 0.05) is 27.2 Å². The molecule has 7 heterocycles. The number of hydrogen-bond donors (Lipinski definition) is 25. The van der Waals surface area contributed by atoms with E-state index in [-0.39, 0.29) is 0 Å². The van der Waals surface area contributed by atoms with Gasteiger partial charge in [0.1, 0.15) is 165 Å². The zero-order valence-electron chi connectivity index (χ0n) is 49.6. The molecule has 0 unspecified atom stereocenters. The van der Waals surface area contributed by atoms with Crippen molar-refractivity contribution >= 4 is 23.7 Å². The van der Waals surface area contributed by atoms with E-state index in [1.54, 1.807) is 0 Å². The number of hydrogen-bond acceptors (Lipinski definition) is 38. The van der Waals surface area contributed by atoms with Gasteiger partial charge in [0.05, 0.1) is 58.4 Å². The van der Waals surface area contributed by atoms with Gasteiger partial charge in [-0.15, -0.1) is 0 Å². The molecule has 7 aliphatic heterocycles. The lowest BCUT2D eigenvalue weighted by Crippen LogP contribution is -2.70. The van der Waals surface area contributed by atoms with Crippen LogP contribution in [-0.2, 0) is 80.8 Å². The highest BCUT2D eigenvalue weighted by atomic mass is 16.8. The molecule has 93 heavy (non-hydrogen) atoms.